The van der Waals surface area contributed by atoms with Gasteiger partial charge in [-0.2, -0.15) is 26.3 Å². The van der Waals surface area contributed by atoms with Crippen molar-refractivity contribution < 1.29 is 48.1 Å². The molecule has 1 N–H and O–H groups in total. The van der Waals surface area contributed by atoms with Gasteiger partial charge in [0.15, 0.2) is 10.0 Å². The average molecular weight is 482 g/mol. The van der Waals surface area contributed by atoms with Gasteiger partial charge >= 0.3 is 11.0 Å². The van der Waals surface area contributed by atoms with E-state index in [4.69, 9.17) is 13.9 Å². The molecular weight excluding hydrogens is 464 g/mol. The number of halogens is 6. The van der Waals surface area contributed by atoms with Crippen LogP contribution in [-0.4, -0.2) is 32.8 Å². The van der Waals surface area contributed by atoms with E-state index in [0.717, 1.165) is 13.0 Å². The number of aromatic nitrogens is 2. The molecule has 7 nitrogen and oxygen atoms in total. The number of nitrogens with zero attached hydrogens (tertiary/aromatic N) is 2. The molecule has 1 atom stereocenters. The van der Waals surface area contributed by atoms with Gasteiger partial charge in [-0.15, -0.1) is 0 Å². The summed E-state index contributed by atoms with van der Waals surface area (Å²) in [6.07, 6.45) is 7.42. The summed E-state index contributed by atoms with van der Waals surface area (Å²) in [7, 11) is -5.59. The van der Waals surface area contributed by atoms with Crippen LogP contribution in [0.1, 0.15) is 19.4 Å². The van der Waals surface area contributed by atoms with Crippen molar-refractivity contribution in [1.29, 1.82) is 0 Å². The smallest absolute Gasteiger partial charge is 0.479 e. The molecule has 1 aromatic carbocycles. The second kappa shape index (κ2) is 11.4. The number of para-hydroxylation sites is 1. The number of rotatable bonds is 3. The molecular formula is C15H18F6N3O4S2-. The normalized spacial score (nSPS) is 12.9. The number of hydrogen-bond acceptors (Lipinski definition) is 4. The average Bonchev–Trinajstić information content (AvgIpc) is 3.09. The van der Waals surface area contributed by atoms with Gasteiger partial charge in [-0.1, -0.05) is 25.1 Å². The molecule has 1 heterocycles. The highest BCUT2D eigenvalue weighted by Gasteiger charge is 2.36. The third-order valence-corrected chi connectivity index (χ3v) is 4.19. The van der Waals surface area contributed by atoms with E-state index in [1.54, 1.807) is 0 Å². The predicted molar refractivity (Wildman–Crippen MR) is 95.3 cm³/mol. The third-order valence-electron chi connectivity index (χ3n) is 3.20. The van der Waals surface area contributed by atoms with E-state index >= 15 is 0 Å². The van der Waals surface area contributed by atoms with Crippen LogP contribution in [-0.2, 0) is 34.1 Å². The first kappa shape index (κ1) is 28.0. The highest BCUT2D eigenvalue weighted by Crippen LogP contribution is 2.23. The second-order valence-corrected chi connectivity index (χ2v) is 7.67. The fourth-order valence-electron chi connectivity index (χ4n) is 1.79. The van der Waals surface area contributed by atoms with E-state index in [1.165, 1.54) is 11.3 Å². The number of benzene rings is 1. The largest absolute Gasteiger partial charge is 0.766 e. The fraction of sp³-hybridized carbons (Fsp3) is 0.400. The topological polar surface area (TPSA) is 107 Å². The minimum Gasteiger partial charge on any atom is -0.766 e. The maximum absolute atomic E-state index is 10.8. The Morgan fingerprint density at radius 3 is 1.93 bits per heavy atom. The van der Waals surface area contributed by atoms with Gasteiger partial charge in [0, 0.05) is 0 Å². The Labute approximate surface area is 171 Å². The van der Waals surface area contributed by atoms with Gasteiger partial charge in [0.2, 0.25) is 6.33 Å². The van der Waals surface area contributed by atoms with Crippen molar-refractivity contribution in [3.63, 3.8) is 0 Å². The Hall–Kier alpha value is -1.97. The maximum Gasteiger partial charge on any atom is 0.479 e. The summed E-state index contributed by atoms with van der Waals surface area (Å²) in [4.78, 5) is 0. The lowest BCUT2D eigenvalue weighted by Gasteiger charge is -2.07. The van der Waals surface area contributed by atoms with Crippen molar-refractivity contribution in [3.8, 4) is 5.69 Å². The lowest BCUT2D eigenvalue weighted by atomic mass is 10.1. The molecule has 0 aliphatic rings. The Bertz CT molecular complexity index is 927. The molecule has 0 radical (unpaired) electrons. The molecule has 0 aliphatic carbocycles. The van der Waals surface area contributed by atoms with Gasteiger partial charge in [0.25, 0.3) is 0 Å². The molecule has 1 unspecified atom stereocenters. The van der Waals surface area contributed by atoms with Gasteiger partial charge in [-0.05, 0) is 25.0 Å². The van der Waals surface area contributed by atoms with Crippen molar-refractivity contribution in [2.24, 2.45) is 0 Å². The lowest BCUT2D eigenvalue weighted by molar-refractivity contribution is -0.692. The van der Waals surface area contributed by atoms with E-state index in [9.17, 15) is 34.8 Å². The van der Waals surface area contributed by atoms with Crippen LogP contribution in [0.2, 0.25) is 0 Å². The molecule has 172 valence electrons. The molecule has 0 fully saturated rings. The van der Waals surface area contributed by atoms with Crippen molar-refractivity contribution in [2.45, 2.75) is 37.8 Å². The van der Waals surface area contributed by atoms with Crippen LogP contribution in [0.15, 0.2) is 43.0 Å². The summed E-state index contributed by atoms with van der Waals surface area (Å²) in [5.74, 6) is 0. The summed E-state index contributed by atoms with van der Waals surface area (Å²) < 4.78 is 105. The zero-order chi connectivity index (χ0) is 23.8. The number of aryl methyl sites for hydroxylation is 2. The fourth-order valence-corrected chi connectivity index (χ4v) is 1.79. The van der Waals surface area contributed by atoms with E-state index in [1.807, 2.05) is 0 Å². The number of sulfonamides is 1. The minimum absolute atomic E-state index is 1.02. The second-order valence-electron chi connectivity index (χ2n) is 5.26. The van der Waals surface area contributed by atoms with Gasteiger partial charge < -0.3 is 9.69 Å². The number of alkyl halides is 6. The molecule has 2 rings (SSSR count). The van der Waals surface area contributed by atoms with Crippen LogP contribution in [0.25, 0.3) is 10.8 Å². The lowest BCUT2D eigenvalue weighted by Crippen LogP contribution is -2.28. The van der Waals surface area contributed by atoms with Crippen molar-refractivity contribution in [2.75, 3.05) is 0 Å². The van der Waals surface area contributed by atoms with Gasteiger partial charge in [0.1, 0.15) is 18.1 Å². The molecule has 15 heteroatoms. The third kappa shape index (κ3) is 9.69. The monoisotopic (exact) mass is 482 g/mol. The molecule has 0 saturated carbocycles. The van der Waals surface area contributed by atoms with Crippen LogP contribution in [0.3, 0.4) is 0 Å². The van der Waals surface area contributed by atoms with Crippen LogP contribution in [0, 0.1) is 0 Å². The predicted octanol–water partition coefficient (Wildman–Crippen LogP) is 3.62. The highest BCUT2D eigenvalue weighted by molar-refractivity contribution is 7.93. The zero-order valence-corrected chi connectivity index (χ0v) is 17.2. The summed E-state index contributed by atoms with van der Waals surface area (Å²) >= 11 is -3.93. The van der Waals surface area contributed by atoms with Gasteiger partial charge in [-0.3, -0.25) is 4.21 Å². The minimum atomic E-state index is -5.59. The van der Waals surface area contributed by atoms with Crippen molar-refractivity contribution in [3.05, 3.63) is 53.7 Å². The molecule has 30 heavy (non-hydrogen) atoms. The van der Waals surface area contributed by atoms with E-state index in [-0.39, 0.29) is 0 Å². The van der Waals surface area contributed by atoms with Crippen LogP contribution < -0.4 is 4.57 Å². The number of imidazole rings is 1. The van der Waals surface area contributed by atoms with Gasteiger partial charge in [0.05, 0.1) is 17.6 Å². The van der Waals surface area contributed by atoms with Crippen molar-refractivity contribution >= 4 is 21.1 Å². The Morgan fingerprint density at radius 1 is 1.13 bits per heavy atom. The summed E-state index contributed by atoms with van der Waals surface area (Å²) in [5.41, 5.74) is -7.84. The van der Waals surface area contributed by atoms with Gasteiger partial charge in [-0.25, -0.2) is 17.6 Å². The first-order valence-corrected chi connectivity index (χ1v) is 10.5. The van der Waals surface area contributed by atoms with Crippen molar-refractivity contribution in [1.82, 2.24) is 4.57 Å². The molecule has 0 spiro atoms. The molecule has 1 aromatic heterocycles. The quantitative estimate of drug-likeness (QED) is 0.378. The van der Waals surface area contributed by atoms with Crippen LogP contribution >= 0.6 is 0 Å². The summed E-state index contributed by atoms with van der Waals surface area (Å²) in [5, 5.41) is 5.43. The Morgan fingerprint density at radius 2 is 1.60 bits per heavy atom. The Kier molecular flexibility index (Phi) is 10.7. The molecule has 0 aliphatic heterocycles. The molecule has 0 bridgehead atoms. The first-order valence-electron chi connectivity index (χ1n) is 7.91. The van der Waals surface area contributed by atoms with Crippen LogP contribution in [0.5, 0.6) is 0 Å². The van der Waals surface area contributed by atoms with E-state index < -0.39 is 32.1 Å². The molecule has 0 amide bonds. The highest BCUT2D eigenvalue weighted by atomic mass is 32.2. The number of hydrogen-bond donors (Lipinski definition) is 0. The number of nitrogens with one attached hydrogen (secondary N) is 1. The first-order chi connectivity index (χ1) is 13.5. The SMILES string of the molecule is CCc1ccccc1-n1cc[n+](CC)c1.O=S([O-])C(F)(F)F.[NH-]S(=O)(=O)C(F)(F)F. The summed E-state index contributed by atoms with van der Waals surface area (Å²) in [6.45, 7) is 5.35. The van der Waals surface area contributed by atoms with E-state index in [0.29, 0.717) is 0 Å². The molecule has 2 aromatic rings. The Balaban J connectivity index is 0.000000477. The standard InChI is InChI=1S/C13H17N2.CHF3NO2S.CHF3O2S/c1-3-12-7-5-6-8-13(12)15-10-9-14(4-2)11-15;2-1(3,4)8(5,6)7;2-1(3,4)7(5)6/h5-11H,3-4H2,1-2H3;(H-,5,6,7);(H,5,6)/q+1;-1;/p-1. The summed E-state index contributed by atoms with van der Waals surface area (Å²) in [6, 6.07) is 8.54. The van der Waals surface area contributed by atoms with E-state index in [2.05, 4.69) is 66.0 Å². The molecule has 0 saturated heterocycles. The maximum atomic E-state index is 10.8. The van der Waals surface area contributed by atoms with Crippen LogP contribution in [0.4, 0.5) is 26.3 Å². The zero-order valence-electron chi connectivity index (χ0n) is 15.6.